The molecule has 3 nitrogen and oxygen atoms in total. The second-order valence-electron chi connectivity index (χ2n) is 7.49. The fraction of sp³-hybridized carbons (Fsp3) is 0.650. The molecule has 1 N–H and O–H groups in total. The molecule has 0 spiro atoms. The van der Waals surface area contributed by atoms with Crippen molar-refractivity contribution in [3.8, 4) is 5.75 Å². The Labute approximate surface area is 139 Å². The van der Waals surface area contributed by atoms with E-state index in [9.17, 15) is 9.90 Å². The maximum atomic E-state index is 12.2. The first-order valence-electron chi connectivity index (χ1n) is 9.01. The van der Waals surface area contributed by atoms with Gasteiger partial charge in [0.1, 0.15) is 5.75 Å². The third-order valence-corrected chi connectivity index (χ3v) is 5.93. The van der Waals surface area contributed by atoms with Gasteiger partial charge < -0.3 is 9.84 Å². The number of carboxylic acid groups (broad SMARTS) is 1. The number of aliphatic carboxylic acids is 1. The number of carbonyl (C=O) groups is 1. The first-order valence-corrected chi connectivity index (χ1v) is 9.01. The monoisotopic (exact) mass is 316 g/mol. The van der Waals surface area contributed by atoms with Crippen molar-refractivity contribution in [2.75, 3.05) is 6.61 Å². The standard InChI is InChI=1S/C20H28O3/c1-14-11-17(20(19(21)22)9-4-3-5-10-20)18(12-15(14)2)23-13-16-7-6-8-16/h11-12,16H,3-10,13H2,1-2H3,(H,21,22). The molecule has 0 heterocycles. The highest BCUT2D eigenvalue weighted by molar-refractivity contribution is 5.83. The van der Waals surface area contributed by atoms with Crippen LogP contribution in [0.15, 0.2) is 12.1 Å². The summed E-state index contributed by atoms with van der Waals surface area (Å²) in [5.41, 5.74) is 2.48. The van der Waals surface area contributed by atoms with E-state index in [-0.39, 0.29) is 0 Å². The summed E-state index contributed by atoms with van der Waals surface area (Å²) in [6, 6.07) is 4.13. The minimum Gasteiger partial charge on any atom is -0.493 e. The smallest absolute Gasteiger partial charge is 0.314 e. The lowest BCUT2D eigenvalue weighted by Gasteiger charge is -2.36. The third-order valence-electron chi connectivity index (χ3n) is 5.93. The summed E-state index contributed by atoms with van der Waals surface area (Å²) in [5.74, 6) is 0.773. The first-order chi connectivity index (χ1) is 11.0. The number of aryl methyl sites for hydroxylation is 2. The number of hydrogen-bond acceptors (Lipinski definition) is 2. The van der Waals surface area contributed by atoms with Crippen LogP contribution in [-0.2, 0) is 10.2 Å². The Morgan fingerprint density at radius 3 is 2.35 bits per heavy atom. The van der Waals surface area contributed by atoms with Crippen LogP contribution in [0.3, 0.4) is 0 Å². The topological polar surface area (TPSA) is 46.5 Å². The van der Waals surface area contributed by atoms with E-state index in [2.05, 4.69) is 26.0 Å². The summed E-state index contributed by atoms with van der Waals surface area (Å²) in [6.45, 7) is 4.86. The second-order valence-corrected chi connectivity index (χ2v) is 7.49. The van der Waals surface area contributed by atoms with Gasteiger partial charge in [-0.2, -0.15) is 0 Å². The van der Waals surface area contributed by atoms with Crippen molar-refractivity contribution in [3.05, 3.63) is 28.8 Å². The SMILES string of the molecule is Cc1cc(OCC2CCC2)c(C2(C(=O)O)CCCCC2)cc1C. The number of benzene rings is 1. The predicted octanol–water partition coefficient (Wildman–Crippen LogP) is 4.77. The van der Waals surface area contributed by atoms with E-state index in [0.29, 0.717) is 5.92 Å². The molecule has 0 bridgehead atoms. The molecule has 2 aliphatic carbocycles. The molecule has 1 aromatic carbocycles. The van der Waals surface area contributed by atoms with Crippen molar-refractivity contribution in [1.29, 1.82) is 0 Å². The maximum absolute atomic E-state index is 12.2. The van der Waals surface area contributed by atoms with Crippen LogP contribution in [-0.4, -0.2) is 17.7 Å². The highest BCUT2D eigenvalue weighted by atomic mass is 16.5. The number of hydrogen-bond donors (Lipinski definition) is 1. The van der Waals surface area contributed by atoms with Crippen LogP contribution in [0, 0.1) is 19.8 Å². The van der Waals surface area contributed by atoms with Crippen LogP contribution in [0.25, 0.3) is 0 Å². The molecular formula is C20H28O3. The van der Waals surface area contributed by atoms with Gasteiger partial charge in [0.05, 0.1) is 12.0 Å². The van der Waals surface area contributed by atoms with E-state index in [1.165, 1.54) is 24.8 Å². The fourth-order valence-corrected chi connectivity index (χ4v) is 3.90. The van der Waals surface area contributed by atoms with Crippen molar-refractivity contribution in [2.45, 2.75) is 70.6 Å². The number of ether oxygens (including phenoxy) is 1. The zero-order valence-corrected chi connectivity index (χ0v) is 14.4. The molecule has 0 unspecified atom stereocenters. The molecule has 1 aromatic rings. The fourth-order valence-electron chi connectivity index (χ4n) is 3.90. The Hall–Kier alpha value is -1.51. The van der Waals surface area contributed by atoms with Gasteiger partial charge in [-0.05, 0) is 62.6 Å². The molecule has 3 heteroatoms. The first kappa shape index (κ1) is 16.4. The lowest BCUT2D eigenvalue weighted by Crippen LogP contribution is -2.38. The van der Waals surface area contributed by atoms with Crippen LogP contribution in [0.4, 0.5) is 0 Å². The zero-order valence-electron chi connectivity index (χ0n) is 14.4. The molecule has 2 fully saturated rings. The van der Waals surface area contributed by atoms with E-state index in [1.54, 1.807) is 0 Å². The summed E-state index contributed by atoms with van der Waals surface area (Å²) in [5, 5.41) is 10.0. The number of carboxylic acids is 1. The largest absolute Gasteiger partial charge is 0.493 e. The molecular weight excluding hydrogens is 288 g/mol. The average molecular weight is 316 g/mol. The van der Waals surface area contributed by atoms with Gasteiger partial charge in [-0.15, -0.1) is 0 Å². The van der Waals surface area contributed by atoms with Gasteiger partial charge in [0.25, 0.3) is 0 Å². The van der Waals surface area contributed by atoms with E-state index in [0.717, 1.165) is 55.6 Å². The van der Waals surface area contributed by atoms with E-state index >= 15 is 0 Å². The molecule has 0 atom stereocenters. The molecule has 2 aliphatic rings. The molecule has 0 radical (unpaired) electrons. The molecule has 2 saturated carbocycles. The molecule has 0 aliphatic heterocycles. The number of rotatable bonds is 5. The zero-order chi connectivity index (χ0) is 16.4. The van der Waals surface area contributed by atoms with E-state index in [1.807, 2.05) is 0 Å². The van der Waals surface area contributed by atoms with Crippen molar-refractivity contribution < 1.29 is 14.6 Å². The van der Waals surface area contributed by atoms with Gasteiger partial charge in [0.15, 0.2) is 0 Å². The Bertz CT molecular complexity index is 581. The lowest BCUT2D eigenvalue weighted by molar-refractivity contribution is -0.145. The average Bonchev–Trinajstić information content (AvgIpc) is 2.49. The van der Waals surface area contributed by atoms with Gasteiger partial charge in [0.2, 0.25) is 0 Å². The van der Waals surface area contributed by atoms with E-state index in [4.69, 9.17) is 4.74 Å². The summed E-state index contributed by atoms with van der Waals surface area (Å²) >= 11 is 0. The summed E-state index contributed by atoms with van der Waals surface area (Å²) in [6.07, 6.45) is 8.34. The molecule has 126 valence electrons. The van der Waals surface area contributed by atoms with Crippen LogP contribution < -0.4 is 4.74 Å². The van der Waals surface area contributed by atoms with Gasteiger partial charge in [-0.1, -0.05) is 31.7 Å². The summed E-state index contributed by atoms with van der Waals surface area (Å²) < 4.78 is 6.14. The molecule has 3 rings (SSSR count). The van der Waals surface area contributed by atoms with Gasteiger partial charge in [-0.25, -0.2) is 0 Å². The van der Waals surface area contributed by atoms with Crippen molar-refractivity contribution in [1.82, 2.24) is 0 Å². The molecule has 0 aromatic heterocycles. The van der Waals surface area contributed by atoms with Crippen molar-refractivity contribution >= 4 is 5.97 Å². The van der Waals surface area contributed by atoms with Crippen LogP contribution in [0.1, 0.15) is 68.1 Å². The lowest BCUT2D eigenvalue weighted by atomic mass is 9.68. The van der Waals surface area contributed by atoms with Crippen molar-refractivity contribution in [2.24, 2.45) is 5.92 Å². The summed E-state index contributed by atoms with van der Waals surface area (Å²) in [4.78, 5) is 12.2. The van der Waals surface area contributed by atoms with Crippen molar-refractivity contribution in [3.63, 3.8) is 0 Å². The maximum Gasteiger partial charge on any atom is 0.314 e. The molecule has 0 saturated heterocycles. The predicted molar refractivity (Wildman–Crippen MR) is 91.2 cm³/mol. The molecule has 23 heavy (non-hydrogen) atoms. The normalized spacial score (nSPS) is 20.8. The van der Waals surface area contributed by atoms with Crippen LogP contribution in [0.2, 0.25) is 0 Å². The Morgan fingerprint density at radius 2 is 1.78 bits per heavy atom. The second kappa shape index (κ2) is 6.54. The quantitative estimate of drug-likeness (QED) is 0.851. The highest BCUT2D eigenvalue weighted by Gasteiger charge is 2.43. The summed E-state index contributed by atoms with van der Waals surface area (Å²) in [7, 11) is 0. The van der Waals surface area contributed by atoms with Gasteiger partial charge in [0, 0.05) is 5.56 Å². The van der Waals surface area contributed by atoms with Crippen LogP contribution >= 0.6 is 0 Å². The Morgan fingerprint density at radius 1 is 1.13 bits per heavy atom. The molecule has 0 amide bonds. The van der Waals surface area contributed by atoms with Gasteiger partial charge >= 0.3 is 5.97 Å². The highest BCUT2D eigenvalue weighted by Crippen LogP contribution is 2.45. The van der Waals surface area contributed by atoms with Crippen LogP contribution in [0.5, 0.6) is 5.75 Å². The minimum absolute atomic E-state index is 0.650. The minimum atomic E-state index is -0.758. The Kier molecular flexibility index (Phi) is 4.65. The van der Waals surface area contributed by atoms with E-state index < -0.39 is 11.4 Å². The third kappa shape index (κ3) is 3.11. The Balaban J connectivity index is 1.96. The van der Waals surface area contributed by atoms with Gasteiger partial charge in [-0.3, -0.25) is 4.79 Å².